The van der Waals surface area contributed by atoms with Crippen LogP contribution in [0.2, 0.25) is 0 Å². The Kier molecular flexibility index (Phi) is 5.82. The molecule has 0 fully saturated rings. The zero-order valence-corrected chi connectivity index (χ0v) is 7.76. The number of hydrogen-bond donors (Lipinski definition) is 1. The molecule has 0 aromatic heterocycles. The minimum atomic E-state index is -1.08. The lowest BCUT2D eigenvalue weighted by Gasteiger charge is -2.13. The number of aliphatic carboxylic acids is 1. The number of carbonyl (C=O) groups is 1. The molecule has 0 spiro atoms. The first-order valence-electron chi connectivity index (χ1n) is 3.60. The van der Waals surface area contributed by atoms with Gasteiger partial charge in [0.05, 0.1) is 13.2 Å². The van der Waals surface area contributed by atoms with E-state index in [1.54, 1.807) is 6.92 Å². The number of hydrogen-bond acceptors (Lipinski definition) is 5. The molecule has 0 bridgehead atoms. The number of methoxy groups -OCH3 is 1. The van der Waals surface area contributed by atoms with Gasteiger partial charge < -0.3 is 14.7 Å². The molecule has 0 aliphatic rings. The Hall–Kier alpha value is -1.14. The lowest BCUT2D eigenvalue weighted by Crippen LogP contribution is -2.31. The minimum absolute atomic E-state index is 0.519. The smallest absolute Gasteiger partial charge is 0.331 e. The SMILES string of the molecule is COO/C=N\[C@@H](C(=O)O)[C@@H](C)OC. The number of nitrogens with zero attached hydrogens (tertiary/aromatic N) is 1. The van der Waals surface area contributed by atoms with Crippen LogP contribution in [0.4, 0.5) is 0 Å². The van der Waals surface area contributed by atoms with Crippen LogP contribution in [0.1, 0.15) is 6.92 Å². The standard InChI is InChI=1S/C7H13NO5/c1-5(11-2)6(7(9)10)8-4-13-12-3/h4-6H,1-3H3,(H,9,10)/b8-4-/t5-,6-/m1/s1. The second-order valence-electron chi connectivity index (χ2n) is 2.24. The van der Waals surface area contributed by atoms with Crippen molar-refractivity contribution in [3.8, 4) is 0 Å². The highest BCUT2D eigenvalue weighted by Gasteiger charge is 2.23. The van der Waals surface area contributed by atoms with Crippen LogP contribution < -0.4 is 0 Å². The van der Waals surface area contributed by atoms with Gasteiger partial charge in [0.25, 0.3) is 0 Å². The van der Waals surface area contributed by atoms with E-state index in [4.69, 9.17) is 9.84 Å². The Morgan fingerprint density at radius 1 is 1.54 bits per heavy atom. The van der Waals surface area contributed by atoms with Gasteiger partial charge in [-0.05, 0) is 6.92 Å². The van der Waals surface area contributed by atoms with Crippen molar-refractivity contribution in [1.82, 2.24) is 0 Å². The quantitative estimate of drug-likeness (QED) is 0.278. The van der Waals surface area contributed by atoms with Crippen LogP contribution in [0, 0.1) is 0 Å². The Balaban J connectivity index is 4.17. The average Bonchev–Trinajstić information content (AvgIpc) is 2.11. The summed E-state index contributed by atoms with van der Waals surface area (Å²) in [5.74, 6) is -1.08. The monoisotopic (exact) mass is 191 g/mol. The average molecular weight is 191 g/mol. The van der Waals surface area contributed by atoms with E-state index in [1.165, 1.54) is 14.2 Å². The second kappa shape index (κ2) is 6.38. The van der Waals surface area contributed by atoms with E-state index in [0.717, 1.165) is 6.40 Å². The van der Waals surface area contributed by atoms with Crippen molar-refractivity contribution in [1.29, 1.82) is 0 Å². The summed E-state index contributed by atoms with van der Waals surface area (Å²) in [5.41, 5.74) is 0. The molecule has 0 aliphatic carbocycles. The van der Waals surface area contributed by atoms with E-state index < -0.39 is 18.1 Å². The van der Waals surface area contributed by atoms with Crippen molar-refractivity contribution >= 4 is 12.4 Å². The van der Waals surface area contributed by atoms with E-state index in [1.807, 2.05) is 0 Å². The number of aliphatic imine (C=N–C) groups is 1. The fraction of sp³-hybridized carbons (Fsp3) is 0.714. The van der Waals surface area contributed by atoms with Gasteiger partial charge in [0.15, 0.2) is 6.04 Å². The van der Waals surface area contributed by atoms with Crippen LogP contribution in [-0.2, 0) is 19.3 Å². The molecule has 0 saturated heterocycles. The summed E-state index contributed by atoms with van der Waals surface area (Å²) in [6, 6.07) is -0.986. The van der Waals surface area contributed by atoms with Crippen LogP contribution in [0.15, 0.2) is 4.99 Å². The molecule has 0 saturated carbocycles. The molecule has 0 aromatic rings. The Morgan fingerprint density at radius 3 is 2.54 bits per heavy atom. The van der Waals surface area contributed by atoms with Crippen LogP contribution >= 0.6 is 0 Å². The molecule has 0 unspecified atom stereocenters. The zero-order chi connectivity index (χ0) is 10.3. The summed E-state index contributed by atoms with van der Waals surface area (Å²) in [4.78, 5) is 22.7. The molecule has 76 valence electrons. The van der Waals surface area contributed by atoms with E-state index in [0.29, 0.717) is 0 Å². The predicted octanol–water partition coefficient (Wildman–Crippen LogP) is 0.0808. The minimum Gasteiger partial charge on any atom is -0.480 e. The highest BCUT2D eigenvalue weighted by atomic mass is 17.2. The van der Waals surface area contributed by atoms with Gasteiger partial charge in [-0.15, -0.1) is 0 Å². The van der Waals surface area contributed by atoms with Crippen molar-refractivity contribution in [3.05, 3.63) is 0 Å². The van der Waals surface area contributed by atoms with Gasteiger partial charge in [-0.1, -0.05) is 0 Å². The maximum atomic E-state index is 10.6. The lowest BCUT2D eigenvalue weighted by molar-refractivity contribution is -0.188. The van der Waals surface area contributed by atoms with Crippen molar-refractivity contribution < 1.29 is 24.4 Å². The summed E-state index contributed by atoms with van der Waals surface area (Å²) in [5, 5.41) is 8.68. The van der Waals surface area contributed by atoms with Gasteiger partial charge in [0, 0.05) is 7.11 Å². The molecule has 6 heteroatoms. The highest BCUT2D eigenvalue weighted by molar-refractivity contribution is 5.75. The normalized spacial score (nSPS) is 15.6. The maximum Gasteiger partial charge on any atom is 0.331 e. The number of carboxylic acids is 1. The topological polar surface area (TPSA) is 77.4 Å². The zero-order valence-electron chi connectivity index (χ0n) is 7.76. The Bertz CT molecular complexity index is 182. The van der Waals surface area contributed by atoms with Crippen molar-refractivity contribution in [2.75, 3.05) is 14.2 Å². The summed E-state index contributed by atoms with van der Waals surface area (Å²) in [6.07, 6.45) is 0.406. The van der Waals surface area contributed by atoms with Gasteiger partial charge in [-0.25, -0.2) is 9.79 Å². The maximum absolute atomic E-state index is 10.6. The molecule has 0 heterocycles. The first-order valence-corrected chi connectivity index (χ1v) is 3.60. The predicted molar refractivity (Wildman–Crippen MR) is 44.5 cm³/mol. The Labute approximate surface area is 76.0 Å². The largest absolute Gasteiger partial charge is 0.480 e. The van der Waals surface area contributed by atoms with Gasteiger partial charge in [-0.3, -0.25) is 0 Å². The van der Waals surface area contributed by atoms with E-state index in [-0.39, 0.29) is 0 Å². The van der Waals surface area contributed by atoms with E-state index in [9.17, 15) is 4.79 Å². The molecule has 1 N–H and O–H groups in total. The number of rotatable bonds is 6. The third kappa shape index (κ3) is 4.44. The molecule has 0 rings (SSSR count). The summed E-state index contributed by atoms with van der Waals surface area (Å²) < 4.78 is 4.81. The second-order valence-corrected chi connectivity index (χ2v) is 2.24. The molecule has 0 aliphatic heterocycles. The molecule has 0 amide bonds. The van der Waals surface area contributed by atoms with Crippen LogP contribution in [0.3, 0.4) is 0 Å². The molecule has 0 aromatic carbocycles. The third-order valence-corrected chi connectivity index (χ3v) is 1.43. The summed E-state index contributed by atoms with van der Waals surface area (Å²) in [6.45, 7) is 1.60. The highest BCUT2D eigenvalue weighted by Crippen LogP contribution is 2.02. The molecule has 6 nitrogen and oxygen atoms in total. The van der Waals surface area contributed by atoms with Crippen LogP contribution in [0.5, 0.6) is 0 Å². The number of carboxylic acid groups (broad SMARTS) is 1. The van der Waals surface area contributed by atoms with Crippen molar-refractivity contribution in [2.45, 2.75) is 19.1 Å². The molecule has 2 atom stereocenters. The first kappa shape index (κ1) is 11.9. The van der Waals surface area contributed by atoms with E-state index in [2.05, 4.69) is 14.8 Å². The van der Waals surface area contributed by atoms with Gasteiger partial charge in [-0.2, -0.15) is 4.89 Å². The van der Waals surface area contributed by atoms with Gasteiger partial charge in [0.2, 0.25) is 6.40 Å². The van der Waals surface area contributed by atoms with Crippen LogP contribution in [0.25, 0.3) is 0 Å². The van der Waals surface area contributed by atoms with E-state index >= 15 is 0 Å². The van der Waals surface area contributed by atoms with Crippen molar-refractivity contribution in [2.24, 2.45) is 4.99 Å². The van der Waals surface area contributed by atoms with Crippen LogP contribution in [-0.4, -0.2) is 43.8 Å². The first-order chi connectivity index (χ1) is 6.13. The molecule has 0 radical (unpaired) electrons. The molecule has 13 heavy (non-hydrogen) atoms. The van der Waals surface area contributed by atoms with Crippen molar-refractivity contribution in [3.63, 3.8) is 0 Å². The lowest BCUT2D eigenvalue weighted by atomic mass is 10.2. The summed E-state index contributed by atoms with van der Waals surface area (Å²) >= 11 is 0. The number of ether oxygens (including phenoxy) is 1. The fourth-order valence-corrected chi connectivity index (χ4v) is 0.648. The van der Waals surface area contributed by atoms with Gasteiger partial charge in [0.1, 0.15) is 0 Å². The molecular weight excluding hydrogens is 178 g/mol. The van der Waals surface area contributed by atoms with Gasteiger partial charge >= 0.3 is 5.97 Å². The molecular formula is C7H13NO5. The fourth-order valence-electron chi connectivity index (χ4n) is 0.648. The third-order valence-electron chi connectivity index (χ3n) is 1.43. The Morgan fingerprint density at radius 2 is 2.15 bits per heavy atom. The summed E-state index contributed by atoms with van der Waals surface area (Å²) in [7, 11) is 2.70.